The first kappa shape index (κ1) is 17.9. The normalized spacial score (nSPS) is 20.3. The number of nitrogens with zero attached hydrogens (tertiary/aromatic N) is 1. The van der Waals surface area contributed by atoms with E-state index in [0.29, 0.717) is 12.6 Å². The van der Waals surface area contributed by atoms with Gasteiger partial charge in [-0.1, -0.05) is 36.4 Å². The zero-order valence-electron chi connectivity index (χ0n) is 15.7. The van der Waals surface area contributed by atoms with Gasteiger partial charge in [-0.2, -0.15) is 0 Å². The molecule has 27 heavy (non-hydrogen) atoms. The summed E-state index contributed by atoms with van der Waals surface area (Å²) in [6.45, 7) is 5.10. The molecule has 2 aromatic rings. The van der Waals surface area contributed by atoms with Crippen LogP contribution in [0.3, 0.4) is 0 Å². The third kappa shape index (κ3) is 4.42. The highest BCUT2D eigenvalue weighted by molar-refractivity contribution is 5.73. The number of rotatable bonds is 4. The lowest BCUT2D eigenvalue weighted by molar-refractivity contribution is -0.119. The summed E-state index contributed by atoms with van der Waals surface area (Å²) in [5.74, 6) is 1.69. The molecule has 2 aliphatic heterocycles. The van der Waals surface area contributed by atoms with Crippen LogP contribution in [0.5, 0.6) is 11.5 Å². The molecule has 0 aliphatic carbocycles. The van der Waals surface area contributed by atoms with E-state index in [-0.39, 0.29) is 12.0 Å². The molecule has 0 radical (unpaired) electrons. The summed E-state index contributed by atoms with van der Waals surface area (Å²) in [6.07, 6.45) is 1.97. The van der Waals surface area contributed by atoms with Gasteiger partial charge < -0.3 is 14.8 Å². The lowest BCUT2D eigenvalue weighted by Crippen LogP contribution is -2.43. The van der Waals surface area contributed by atoms with E-state index in [1.54, 1.807) is 6.92 Å². The van der Waals surface area contributed by atoms with Crippen LogP contribution in [0.25, 0.3) is 0 Å². The van der Waals surface area contributed by atoms with E-state index >= 15 is 0 Å². The molecule has 0 saturated carbocycles. The third-order valence-corrected chi connectivity index (χ3v) is 5.26. The molecule has 0 unspecified atom stereocenters. The Kier molecular flexibility index (Phi) is 5.30. The fraction of sp³-hybridized carbons (Fsp3) is 0.409. The van der Waals surface area contributed by atoms with E-state index in [9.17, 15) is 4.79 Å². The average molecular weight is 366 g/mol. The molecule has 2 heterocycles. The molecular formula is C22H26N2O3. The maximum absolute atomic E-state index is 11.2. The van der Waals surface area contributed by atoms with Gasteiger partial charge in [-0.15, -0.1) is 0 Å². The van der Waals surface area contributed by atoms with Crippen molar-refractivity contribution in [3.8, 4) is 11.5 Å². The largest absolute Gasteiger partial charge is 0.485 e. The number of piperidine rings is 1. The molecular weight excluding hydrogens is 340 g/mol. The number of benzene rings is 2. The van der Waals surface area contributed by atoms with Gasteiger partial charge in [-0.25, -0.2) is 0 Å². The van der Waals surface area contributed by atoms with Crippen LogP contribution < -0.4 is 14.8 Å². The zero-order valence-corrected chi connectivity index (χ0v) is 15.7. The van der Waals surface area contributed by atoms with Crippen LogP contribution in [0, 0.1) is 0 Å². The molecule has 5 heteroatoms. The number of hydrogen-bond acceptors (Lipinski definition) is 4. The number of para-hydroxylation sites is 2. The molecule has 1 N–H and O–H groups in total. The molecule has 142 valence electrons. The maximum atomic E-state index is 11.2. The van der Waals surface area contributed by atoms with E-state index < -0.39 is 0 Å². The number of ether oxygens (including phenoxy) is 2. The molecule has 4 rings (SSSR count). The number of nitrogens with one attached hydrogen (secondary N) is 1. The van der Waals surface area contributed by atoms with Gasteiger partial charge >= 0.3 is 0 Å². The Morgan fingerprint density at radius 3 is 2.48 bits per heavy atom. The quantitative estimate of drug-likeness (QED) is 0.902. The standard InChI is InChI=1S/C22H26N2O3/c1-16(25)23-19-10-12-24(13-11-19)14-17-6-8-18(9-7-17)22-15-26-20-4-2-3-5-21(20)27-22/h2-9,19,22H,10-15H2,1H3,(H,23,25)/t22-/m1/s1. The molecule has 1 atom stereocenters. The Morgan fingerprint density at radius 2 is 1.78 bits per heavy atom. The van der Waals surface area contributed by atoms with Crippen molar-refractivity contribution in [2.45, 2.75) is 38.5 Å². The van der Waals surface area contributed by atoms with Crippen LogP contribution in [-0.4, -0.2) is 36.5 Å². The number of fused-ring (bicyclic) bond motifs is 1. The van der Waals surface area contributed by atoms with Crippen LogP contribution in [0.1, 0.15) is 37.0 Å². The van der Waals surface area contributed by atoms with Crippen molar-refractivity contribution >= 4 is 5.91 Å². The van der Waals surface area contributed by atoms with Gasteiger partial charge in [0.1, 0.15) is 6.61 Å². The second-order valence-corrected chi connectivity index (χ2v) is 7.36. The second-order valence-electron chi connectivity index (χ2n) is 7.36. The first-order chi connectivity index (χ1) is 13.2. The van der Waals surface area contributed by atoms with Gasteiger partial charge in [0.05, 0.1) is 0 Å². The number of carbonyl (C=O) groups excluding carboxylic acids is 1. The Balaban J connectivity index is 1.32. The van der Waals surface area contributed by atoms with Crippen LogP contribution in [0.2, 0.25) is 0 Å². The fourth-order valence-corrected chi connectivity index (χ4v) is 3.80. The lowest BCUT2D eigenvalue weighted by Gasteiger charge is -2.32. The number of hydrogen-bond donors (Lipinski definition) is 1. The van der Waals surface area contributed by atoms with Gasteiger partial charge in [0, 0.05) is 32.6 Å². The Morgan fingerprint density at radius 1 is 1.07 bits per heavy atom. The summed E-state index contributed by atoms with van der Waals surface area (Å²) < 4.78 is 11.9. The van der Waals surface area contributed by atoms with Crippen LogP contribution >= 0.6 is 0 Å². The summed E-state index contributed by atoms with van der Waals surface area (Å²) in [5, 5.41) is 3.03. The van der Waals surface area contributed by atoms with Crippen molar-refractivity contribution in [1.29, 1.82) is 0 Å². The summed E-state index contributed by atoms with van der Waals surface area (Å²) in [4.78, 5) is 13.6. The molecule has 1 fully saturated rings. The lowest BCUT2D eigenvalue weighted by atomic mass is 10.0. The van der Waals surface area contributed by atoms with Gasteiger partial charge in [0.2, 0.25) is 5.91 Å². The van der Waals surface area contributed by atoms with E-state index in [2.05, 4.69) is 34.5 Å². The van der Waals surface area contributed by atoms with Crippen molar-refractivity contribution in [1.82, 2.24) is 10.2 Å². The summed E-state index contributed by atoms with van der Waals surface area (Å²) in [6, 6.07) is 16.8. The van der Waals surface area contributed by atoms with Crippen molar-refractivity contribution in [3.63, 3.8) is 0 Å². The molecule has 2 aliphatic rings. The number of amides is 1. The SMILES string of the molecule is CC(=O)NC1CCN(Cc2ccc([C@H]3COc4ccccc4O3)cc2)CC1. The molecule has 0 bridgehead atoms. The van der Waals surface area contributed by atoms with Crippen molar-refractivity contribution < 1.29 is 14.3 Å². The van der Waals surface area contributed by atoms with Crippen molar-refractivity contribution in [2.75, 3.05) is 19.7 Å². The zero-order chi connectivity index (χ0) is 18.6. The van der Waals surface area contributed by atoms with E-state index in [1.165, 1.54) is 5.56 Å². The Hall–Kier alpha value is -2.53. The topological polar surface area (TPSA) is 50.8 Å². The number of likely N-dealkylation sites (tertiary alicyclic amines) is 1. The van der Waals surface area contributed by atoms with Crippen molar-refractivity contribution in [3.05, 3.63) is 59.7 Å². The maximum Gasteiger partial charge on any atom is 0.217 e. The minimum Gasteiger partial charge on any atom is -0.485 e. The van der Waals surface area contributed by atoms with Gasteiger partial charge in [-0.3, -0.25) is 9.69 Å². The molecule has 0 aromatic heterocycles. The van der Waals surface area contributed by atoms with Gasteiger partial charge in [0.25, 0.3) is 0 Å². The van der Waals surface area contributed by atoms with Crippen molar-refractivity contribution in [2.24, 2.45) is 0 Å². The van der Waals surface area contributed by atoms with Gasteiger partial charge in [0.15, 0.2) is 17.6 Å². The molecule has 0 spiro atoms. The summed E-state index contributed by atoms with van der Waals surface area (Å²) >= 11 is 0. The Labute approximate surface area is 160 Å². The van der Waals surface area contributed by atoms with Gasteiger partial charge in [-0.05, 0) is 36.1 Å². The first-order valence-electron chi connectivity index (χ1n) is 9.64. The van der Waals surface area contributed by atoms with Crippen LogP contribution in [0.15, 0.2) is 48.5 Å². The monoisotopic (exact) mass is 366 g/mol. The van der Waals surface area contributed by atoms with E-state index in [1.807, 2.05) is 24.3 Å². The van der Waals surface area contributed by atoms with E-state index in [0.717, 1.165) is 49.5 Å². The first-order valence-corrected chi connectivity index (χ1v) is 9.64. The van der Waals surface area contributed by atoms with Crippen LogP contribution in [0.4, 0.5) is 0 Å². The molecule has 1 saturated heterocycles. The van der Waals surface area contributed by atoms with E-state index in [4.69, 9.17) is 9.47 Å². The fourth-order valence-electron chi connectivity index (χ4n) is 3.80. The second kappa shape index (κ2) is 8.01. The highest BCUT2D eigenvalue weighted by Crippen LogP contribution is 2.35. The highest BCUT2D eigenvalue weighted by Gasteiger charge is 2.23. The minimum atomic E-state index is -0.0673. The number of carbonyl (C=O) groups is 1. The Bertz CT molecular complexity index is 782. The predicted octanol–water partition coefficient (Wildman–Crippen LogP) is 3.30. The smallest absolute Gasteiger partial charge is 0.217 e. The van der Waals surface area contributed by atoms with Crippen LogP contribution in [-0.2, 0) is 11.3 Å². The average Bonchev–Trinajstić information content (AvgIpc) is 2.69. The summed E-state index contributed by atoms with van der Waals surface area (Å²) in [7, 11) is 0. The summed E-state index contributed by atoms with van der Waals surface area (Å²) in [5.41, 5.74) is 2.44. The highest BCUT2D eigenvalue weighted by atomic mass is 16.6. The predicted molar refractivity (Wildman–Crippen MR) is 104 cm³/mol. The third-order valence-electron chi connectivity index (χ3n) is 5.26. The minimum absolute atomic E-state index is 0.0673. The molecule has 2 aromatic carbocycles. The molecule has 1 amide bonds. The molecule has 5 nitrogen and oxygen atoms in total.